The molecule has 2 saturated heterocycles. The monoisotopic (exact) mass is 391 g/mol. The molecule has 2 fully saturated rings. The minimum atomic E-state index is -0.603. The maximum atomic E-state index is 12.9. The van der Waals surface area contributed by atoms with Gasteiger partial charge in [-0.25, -0.2) is 4.79 Å². The van der Waals surface area contributed by atoms with Gasteiger partial charge in [-0.15, -0.1) is 0 Å². The summed E-state index contributed by atoms with van der Waals surface area (Å²) >= 11 is 0. The predicted octanol–water partition coefficient (Wildman–Crippen LogP) is 1.08. The van der Waals surface area contributed by atoms with Gasteiger partial charge in [0.15, 0.2) is 0 Å². The Morgan fingerprint density at radius 1 is 1.25 bits per heavy atom. The highest BCUT2D eigenvalue weighted by Gasteiger charge is 2.28. The lowest BCUT2D eigenvalue weighted by Gasteiger charge is -2.34. The van der Waals surface area contributed by atoms with Crippen molar-refractivity contribution in [3.05, 3.63) is 33.4 Å². The first-order valence-electron chi connectivity index (χ1n) is 9.92. The lowest BCUT2D eigenvalue weighted by atomic mass is 10.1. The summed E-state index contributed by atoms with van der Waals surface area (Å²) in [6.07, 6.45) is 1.56. The number of hydrogen-bond acceptors (Lipinski definition) is 6. The van der Waals surface area contributed by atoms with Crippen LogP contribution in [0.3, 0.4) is 0 Å². The quantitative estimate of drug-likeness (QED) is 0.808. The van der Waals surface area contributed by atoms with E-state index in [-0.39, 0.29) is 29.5 Å². The average Bonchev–Trinajstić information content (AvgIpc) is 3.15. The molecule has 8 nitrogen and oxygen atoms in total. The summed E-state index contributed by atoms with van der Waals surface area (Å²) in [5.41, 5.74) is 0.104. The summed E-state index contributed by atoms with van der Waals surface area (Å²) in [7, 11) is 0. The number of nitrogens with zero attached hydrogens (tertiary/aromatic N) is 2. The minimum Gasteiger partial charge on any atom is -0.424 e. The Morgan fingerprint density at radius 2 is 1.96 bits per heavy atom. The molecule has 1 aromatic heterocycles. The van der Waals surface area contributed by atoms with Crippen molar-refractivity contribution >= 4 is 11.8 Å². The van der Waals surface area contributed by atoms with Crippen molar-refractivity contribution in [3.8, 4) is 0 Å². The zero-order valence-corrected chi connectivity index (χ0v) is 16.8. The van der Waals surface area contributed by atoms with Crippen LogP contribution in [0.4, 0.5) is 0 Å². The van der Waals surface area contributed by atoms with Gasteiger partial charge in [0.05, 0.1) is 6.54 Å². The van der Waals surface area contributed by atoms with Crippen LogP contribution in [0.25, 0.3) is 0 Å². The molecule has 2 aliphatic rings. The topological polar surface area (TPSA) is 92.1 Å². The van der Waals surface area contributed by atoms with Gasteiger partial charge in [-0.2, -0.15) is 0 Å². The van der Waals surface area contributed by atoms with Crippen molar-refractivity contribution < 1.29 is 18.7 Å². The van der Waals surface area contributed by atoms with Gasteiger partial charge in [0.2, 0.25) is 5.91 Å². The highest BCUT2D eigenvalue weighted by molar-refractivity contribution is 5.95. The van der Waals surface area contributed by atoms with Crippen LogP contribution in [-0.4, -0.2) is 67.0 Å². The molecule has 8 heteroatoms. The number of carbonyl (C=O) groups excluding carboxylic acids is 2. The van der Waals surface area contributed by atoms with Crippen LogP contribution in [0.15, 0.2) is 15.3 Å². The molecule has 0 saturated carbocycles. The molecule has 0 aromatic carbocycles. The Morgan fingerprint density at radius 3 is 2.54 bits per heavy atom. The number of aryl methyl sites for hydroxylation is 1. The van der Waals surface area contributed by atoms with Crippen LogP contribution >= 0.6 is 0 Å². The number of nitrogens with one attached hydrogen (secondary N) is 1. The van der Waals surface area contributed by atoms with Gasteiger partial charge in [0, 0.05) is 38.8 Å². The Kier molecular flexibility index (Phi) is 6.51. The molecular weight excluding hydrogens is 362 g/mol. The molecule has 3 rings (SSSR count). The van der Waals surface area contributed by atoms with Crippen LogP contribution in [0.2, 0.25) is 0 Å². The molecule has 1 aromatic rings. The first kappa shape index (κ1) is 20.5. The number of piperazine rings is 1. The number of ether oxygens (including phenoxy) is 1. The molecule has 154 valence electrons. The largest absolute Gasteiger partial charge is 0.424 e. The smallest absolute Gasteiger partial charge is 0.349 e. The molecule has 2 amide bonds. The van der Waals surface area contributed by atoms with Gasteiger partial charge in [-0.1, -0.05) is 0 Å². The molecule has 1 N–H and O–H groups in total. The van der Waals surface area contributed by atoms with Crippen molar-refractivity contribution in [1.29, 1.82) is 0 Å². The molecule has 0 bridgehead atoms. The third-order valence-corrected chi connectivity index (χ3v) is 5.11. The van der Waals surface area contributed by atoms with Crippen LogP contribution in [0.1, 0.15) is 54.5 Å². The lowest BCUT2D eigenvalue weighted by Crippen LogP contribution is -2.52. The number of carbonyl (C=O) groups is 2. The van der Waals surface area contributed by atoms with Crippen LogP contribution in [-0.2, 0) is 9.53 Å². The van der Waals surface area contributed by atoms with Crippen LogP contribution in [0, 0.1) is 6.92 Å². The Hall–Kier alpha value is -2.19. The fourth-order valence-corrected chi connectivity index (χ4v) is 3.69. The Labute approximate surface area is 164 Å². The van der Waals surface area contributed by atoms with E-state index < -0.39 is 5.63 Å². The third kappa shape index (κ3) is 4.80. The normalized spacial score (nSPS) is 20.6. The van der Waals surface area contributed by atoms with Gasteiger partial charge in [0.1, 0.15) is 17.4 Å². The molecule has 2 aliphatic heterocycles. The van der Waals surface area contributed by atoms with Gasteiger partial charge < -0.3 is 19.4 Å². The zero-order chi connectivity index (χ0) is 20.3. The van der Waals surface area contributed by atoms with Crippen molar-refractivity contribution in [3.63, 3.8) is 0 Å². The third-order valence-electron chi connectivity index (χ3n) is 5.11. The second kappa shape index (κ2) is 8.87. The molecule has 28 heavy (non-hydrogen) atoms. The summed E-state index contributed by atoms with van der Waals surface area (Å²) in [6.45, 7) is 8.71. The molecule has 0 aliphatic carbocycles. The van der Waals surface area contributed by atoms with Crippen LogP contribution in [0.5, 0.6) is 0 Å². The van der Waals surface area contributed by atoms with Crippen molar-refractivity contribution in [2.75, 3.05) is 39.3 Å². The van der Waals surface area contributed by atoms with E-state index in [1.807, 2.05) is 18.7 Å². The standard InChI is InChI=1S/C20H29N3O5/c1-13(2)21-17(24)12-22-6-8-23(9-7-22)19(25)18-14(3)11-16(28-20(18)26)15-5-4-10-27-15/h11,13,15H,4-10,12H2,1-3H3,(H,21,24). The van der Waals surface area contributed by atoms with E-state index in [2.05, 4.69) is 5.32 Å². The van der Waals surface area contributed by atoms with E-state index >= 15 is 0 Å². The van der Waals surface area contributed by atoms with Crippen LogP contribution < -0.4 is 10.9 Å². The molecule has 0 radical (unpaired) electrons. The second-order valence-electron chi connectivity index (χ2n) is 7.79. The second-order valence-corrected chi connectivity index (χ2v) is 7.79. The fraction of sp³-hybridized carbons (Fsp3) is 0.650. The summed E-state index contributed by atoms with van der Waals surface area (Å²) < 4.78 is 11.0. The molecule has 1 unspecified atom stereocenters. The highest BCUT2D eigenvalue weighted by Crippen LogP contribution is 2.28. The molecule has 3 heterocycles. The SMILES string of the molecule is Cc1cc(C2CCCO2)oc(=O)c1C(=O)N1CCN(CC(=O)NC(C)C)CC1. The van der Waals surface area contributed by atoms with Gasteiger partial charge >= 0.3 is 5.63 Å². The number of hydrogen-bond donors (Lipinski definition) is 1. The van der Waals surface area contributed by atoms with Crippen molar-refractivity contribution in [2.24, 2.45) is 0 Å². The fourth-order valence-electron chi connectivity index (χ4n) is 3.69. The summed E-state index contributed by atoms with van der Waals surface area (Å²) in [4.78, 5) is 40.9. The Bertz CT molecular complexity index is 775. The van der Waals surface area contributed by atoms with Crippen molar-refractivity contribution in [2.45, 2.75) is 45.8 Å². The van der Waals surface area contributed by atoms with Gasteiger partial charge in [-0.3, -0.25) is 14.5 Å². The summed E-state index contributed by atoms with van der Waals surface area (Å²) in [6, 6.07) is 1.85. The van der Waals surface area contributed by atoms with E-state index in [0.29, 0.717) is 50.7 Å². The lowest BCUT2D eigenvalue weighted by molar-refractivity contribution is -0.123. The first-order valence-corrected chi connectivity index (χ1v) is 9.92. The van der Waals surface area contributed by atoms with E-state index in [9.17, 15) is 14.4 Å². The average molecular weight is 391 g/mol. The predicted molar refractivity (Wildman–Crippen MR) is 103 cm³/mol. The molecule has 1 atom stereocenters. The first-order chi connectivity index (χ1) is 13.3. The van der Waals surface area contributed by atoms with Crippen molar-refractivity contribution in [1.82, 2.24) is 15.1 Å². The maximum Gasteiger partial charge on any atom is 0.349 e. The summed E-state index contributed by atoms with van der Waals surface area (Å²) in [5.74, 6) is 0.171. The van der Waals surface area contributed by atoms with Gasteiger partial charge in [-0.05, 0) is 45.2 Å². The summed E-state index contributed by atoms with van der Waals surface area (Å²) in [5, 5.41) is 2.87. The molecule has 0 spiro atoms. The van der Waals surface area contributed by atoms with Gasteiger partial charge in [0.25, 0.3) is 5.91 Å². The highest BCUT2D eigenvalue weighted by atomic mass is 16.5. The Balaban J connectivity index is 1.62. The van der Waals surface area contributed by atoms with E-state index in [1.54, 1.807) is 17.9 Å². The number of rotatable bonds is 5. The minimum absolute atomic E-state index is 0.0176. The number of amides is 2. The zero-order valence-electron chi connectivity index (χ0n) is 16.8. The molecular formula is C20H29N3O5. The maximum absolute atomic E-state index is 12.9. The van der Waals surface area contributed by atoms with E-state index in [1.165, 1.54) is 0 Å². The van der Waals surface area contributed by atoms with E-state index in [0.717, 1.165) is 12.8 Å². The van der Waals surface area contributed by atoms with E-state index in [4.69, 9.17) is 9.15 Å².